The van der Waals surface area contributed by atoms with E-state index in [1.807, 2.05) is 12.1 Å². The fraction of sp³-hybridized carbons (Fsp3) is 0.600. The zero-order valence-electron chi connectivity index (χ0n) is 29.3. The van der Waals surface area contributed by atoms with E-state index in [2.05, 4.69) is 42.0 Å². The minimum Gasteiger partial charge on any atom is -0.461 e. The van der Waals surface area contributed by atoms with Gasteiger partial charge in [0.15, 0.2) is 11.6 Å². The lowest BCUT2D eigenvalue weighted by Gasteiger charge is -2.53. The highest BCUT2D eigenvalue weighted by Gasteiger charge is 2.65. The van der Waals surface area contributed by atoms with Crippen LogP contribution in [0.2, 0.25) is 0 Å². The maximum absolute atomic E-state index is 14.6. The Morgan fingerprint density at radius 3 is 2.52 bits per heavy atom. The molecule has 2 aliphatic heterocycles. The Labute approximate surface area is 291 Å². The summed E-state index contributed by atoms with van der Waals surface area (Å²) >= 11 is 0. The Morgan fingerprint density at radius 1 is 1.16 bits per heavy atom. The van der Waals surface area contributed by atoms with Gasteiger partial charge in [-0.25, -0.2) is 14.1 Å². The van der Waals surface area contributed by atoms with Gasteiger partial charge in [-0.05, 0) is 87.1 Å². The van der Waals surface area contributed by atoms with Crippen LogP contribution in [-0.2, 0) is 43.8 Å². The first-order valence-corrected chi connectivity index (χ1v) is 18.7. The van der Waals surface area contributed by atoms with Gasteiger partial charge in [0.1, 0.15) is 54.1 Å². The Bertz CT molecular complexity index is 1860. The van der Waals surface area contributed by atoms with Crippen LogP contribution in [0.4, 0.5) is 5.82 Å². The molecule has 1 aromatic carbocycles. The van der Waals surface area contributed by atoms with E-state index in [4.69, 9.17) is 33.7 Å². The lowest BCUT2D eigenvalue weighted by atomic mass is 9.55. The number of esters is 1. The second-order valence-corrected chi connectivity index (χ2v) is 17.2. The molecule has 4 aliphatic rings. The number of ether oxygens (including phenoxy) is 4. The van der Waals surface area contributed by atoms with E-state index in [1.165, 1.54) is 30.1 Å². The molecule has 0 radical (unpaired) electrons. The molecule has 268 valence electrons. The zero-order valence-corrected chi connectivity index (χ0v) is 30.1. The molecule has 3 N–H and O–H groups in total. The average molecular weight is 709 g/mol. The highest BCUT2D eigenvalue weighted by Crippen LogP contribution is 2.57. The standard InChI is InChI=1S/C35H45N6O8P/c1-21(31(42)45-24-16-34(17-24)14-7-15-34)40-50(43,49-23-10-8-22(9-11-23)32(2,3)4)44-18-26-28-29(48-33(5,6)47-28)35(19-36,46-26)27-13-12-25-30(37)38-20-39-41(25)27/h8-13,20-21,24,26,28-29H,7,14-18H2,1-6H3,(H,40,43)(H2,37,38,39)/t21-,26+,28+,29+,35-,50?/m0/s1. The van der Waals surface area contributed by atoms with Crippen molar-refractivity contribution < 1.29 is 37.4 Å². The van der Waals surface area contributed by atoms with E-state index in [-0.39, 0.29) is 29.7 Å². The molecule has 3 aromatic rings. The molecule has 2 saturated carbocycles. The van der Waals surface area contributed by atoms with Gasteiger partial charge in [-0.15, -0.1) is 0 Å². The maximum Gasteiger partial charge on any atom is 0.459 e. The number of fused-ring (bicyclic) bond motifs is 2. The number of nitriles is 1. The molecule has 2 saturated heterocycles. The number of nitrogen functional groups attached to an aromatic ring is 1. The number of nitrogens with one attached hydrogen (secondary N) is 1. The van der Waals surface area contributed by atoms with Crippen molar-refractivity contribution in [2.75, 3.05) is 12.3 Å². The molecule has 4 heterocycles. The smallest absolute Gasteiger partial charge is 0.459 e. The molecule has 4 fully saturated rings. The molecule has 7 rings (SSSR count). The summed E-state index contributed by atoms with van der Waals surface area (Å²) in [5, 5.41) is 17.8. The third-order valence-electron chi connectivity index (χ3n) is 10.3. The minimum absolute atomic E-state index is 0.112. The first-order valence-electron chi connectivity index (χ1n) is 17.1. The number of anilines is 1. The van der Waals surface area contributed by atoms with Crippen LogP contribution in [0.3, 0.4) is 0 Å². The second-order valence-electron chi connectivity index (χ2n) is 15.5. The fourth-order valence-corrected chi connectivity index (χ4v) is 9.01. The Hall–Kier alpha value is -3.57. The van der Waals surface area contributed by atoms with Crippen molar-refractivity contribution >= 4 is 25.1 Å². The summed E-state index contributed by atoms with van der Waals surface area (Å²) < 4.78 is 52.9. The van der Waals surface area contributed by atoms with Gasteiger partial charge in [-0.3, -0.25) is 9.32 Å². The van der Waals surface area contributed by atoms with Crippen LogP contribution in [-0.4, -0.2) is 63.4 Å². The van der Waals surface area contributed by atoms with Crippen molar-refractivity contribution in [3.63, 3.8) is 0 Å². The van der Waals surface area contributed by atoms with E-state index in [0.29, 0.717) is 16.6 Å². The number of nitrogens with zero attached hydrogens (tertiary/aromatic N) is 4. The Kier molecular flexibility index (Phi) is 8.57. The van der Waals surface area contributed by atoms with Crippen molar-refractivity contribution in [3.05, 3.63) is 54.0 Å². The molecule has 2 aliphatic carbocycles. The van der Waals surface area contributed by atoms with Gasteiger partial charge in [0, 0.05) is 0 Å². The van der Waals surface area contributed by atoms with Gasteiger partial charge in [0.05, 0.1) is 12.3 Å². The van der Waals surface area contributed by atoms with Gasteiger partial charge >= 0.3 is 13.7 Å². The molecule has 2 aromatic heterocycles. The van der Waals surface area contributed by atoms with Crippen molar-refractivity contribution in [3.8, 4) is 11.8 Å². The summed E-state index contributed by atoms with van der Waals surface area (Å²) in [5.74, 6) is -1.12. The lowest BCUT2D eigenvalue weighted by Crippen LogP contribution is -2.49. The van der Waals surface area contributed by atoms with Gasteiger partial charge in [-0.1, -0.05) is 39.3 Å². The topological polar surface area (TPSA) is 182 Å². The Balaban J connectivity index is 1.13. The van der Waals surface area contributed by atoms with Crippen LogP contribution < -0.4 is 15.3 Å². The third kappa shape index (κ3) is 6.29. The average Bonchev–Trinajstić information content (AvgIpc) is 3.67. The van der Waals surface area contributed by atoms with E-state index in [0.717, 1.165) is 18.4 Å². The largest absolute Gasteiger partial charge is 0.461 e. The van der Waals surface area contributed by atoms with Crippen LogP contribution in [0.1, 0.15) is 84.9 Å². The summed E-state index contributed by atoms with van der Waals surface area (Å²) in [6, 6.07) is 11.8. The summed E-state index contributed by atoms with van der Waals surface area (Å²) in [7, 11) is -4.29. The molecular weight excluding hydrogens is 663 g/mol. The molecule has 15 heteroatoms. The van der Waals surface area contributed by atoms with Crippen LogP contribution >= 0.6 is 7.75 Å². The highest BCUT2D eigenvalue weighted by molar-refractivity contribution is 7.52. The molecule has 1 unspecified atom stereocenters. The monoisotopic (exact) mass is 708 g/mol. The number of carbonyl (C=O) groups excluding carboxylic acids is 1. The molecule has 0 amide bonds. The Morgan fingerprint density at radius 2 is 1.88 bits per heavy atom. The van der Waals surface area contributed by atoms with E-state index < -0.39 is 49.5 Å². The van der Waals surface area contributed by atoms with E-state index >= 15 is 0 Å². The predicted octanol–water partition coefficient (Wildman–Crippen LogP) is 5.30. The molecule has 1 spiro atoms. The van der Waals surface area contributed by atoms with Crippen molar-refractivity contribution in [2.45, 2.75) is 121 Å². The van der Waals surface area contributed by atoms with Crippen LogP contribution in [0.25, 0.3) is 5.52 Å². The second kappa shape index (κ2) is 12.3. The number of benzene rings is 1. The maximum atomic E-state index is 14.6. The van der Waals surface area contributed by atoms with Crippen LogP contribution in [0, 0.1) is 16.7 Å². The van der Waals surface area contributed by atoms with Crippen LogP contribution in [0.5, 0.6) is 5.75 Å². The summed E-state index contributed by atoms with van der Waals surface area (Å²) in [4.78, 5) is 17.2. The normalized spacial score (nSPS) is 28.6. The molecule has 14 nitrogen and oxygen atoms in total. The van der Waals surface area contributed by atoms with Crippen molar-refractivity contribution in [1.29, 1.82) is 5.26 Å². The predicted molar refractivity (Wildman–Crippen MR) is 181 cm³/mol. The SMILES string of the molecule is C[C@H](NP(=O)(OC[C@H]1O[C@@](C#N)(c2ccc3c(N)ncnn23)[C@@H]2OC(C)(C)O[C@@H]21)Oc1ccc(C(C)(C)C)cc1)C(=O)OC1CC2(CCC2)C1. The minimum atomic E-state index is -4.29. The number of aromatic nitrogens is 3. The van der Waals surface area contributed by atoms with E-state index in [1.54, 1.807) is 45.0 Å². The number of carbonyl (C=O) groups is 1. The fourth-order valence-electron chi connectivity index (χ4n) is 7.51. The van der Waals surface area contributed by atoms with Crippen LogP contribution in [0.15, 0.2) is 42.7 Å². The third-order valence-corrected chi connectivity index (χ3v) is 12.0. The first kappa shape index (κ1) is 34.9. The molecular formula is C35H45N6O8P. The van der Waals surface area contributed by atoms with Gasteiger partial charge < -0.3 is 29.2 Å². The molecule has 0 bridgehead atoms. The molecule has 6 atom stereocenters. The molecule has 50 heavy (non-hydrogen) atoms. The summed E-state index contributed by atoms with van der Waals surface area (Å²) in [6.07, 6.45) is 3.72. The van der Waals surface area contributed by atoms with Gasteiger partial charge in [0.2, 0.25) is 5.60 Å². The van der Waals surface area contributed by atoms with Gasteiger partial charge in [0.25, 0.3) is 0 Å². The zero-order chi connectivity index (χ0) is 35.7. The number of rotatable bonds is 10. The number of hydrogen-bond acceptors (Lipinski definition) is 12. The summed E-state index contributed by atoms with van der Waals surface area (Å²) in [5.41, 5.74) is 6.48. The van der Waals surface area contributed by atoms with Crippen molar-refractivity contribution in [1.82, 2.24) is 19.7 Å². The highest BCUT2D eigenvalue weighted by atomic mass is 31.2. The van der Waals surface area contributed by atoms with Gasteiger partial charge in [-0.2, -0.15) is 15.4 Å². The first-order chi connectivity index (χ1) is 23.5. The quantitative estimate of drug-likeness (QED) is 0.205. The van der Waals surface area contributed by atoms with E-state index in [9.17, 15) is 14.6 Å². The lowest BCUT2D eigenvalue weighted by molar-refractivity contribution is -0.204. The number of nitrogens with two attached hydrogens (primary N) is 1. The van der Waals surface area contributed by atoms with Crippen molar-refractivity contribution in [2.24, 2.45) is 5.41 Å². The number of hydrogen-bond donors (Lipinski definition) is 2. The summed E-state index contributed by atoms with van der Waals surface area (Å²) in [6.45, 7) is 11.0.